The number of anilines is 1. The Morgan fingerprint density at radius 1 is 0.966 bits per heavy atom. The first-order valence-corrected chi connectivity index (χ1v) is 11.0. The summed E-state index contributed by atoms with van der Waals surface area (Å²) in [5.74, 6) is -2.99. The molecule has 156 valence electrons. The lowest BCUT2D eigenvalue weighted by Gasteiger charge is -2.37. The highest BCUT2D eigenvalue weighted by atomic mass is 32.2. The standard InChI is InChI=1S/C21H24F2N2O3S/c1-25(2)20(26)21(13-7-4-8-14-21)29(27,28)24-17-12-11-16(18(22)19(17)23)15-9-5-3-6-10-15/h3,5-6,9-12,24H,4,7-8,13-14H2,1-2H3. The summed E-state index contributed by atoms with van der Waals surface area (Å²) >= 11 is 0. The Kier molecular flexibility index (Phi) is 5.93. The van der Waals surface area contributed by atoms with E-state index in [0.29, 0.717) is 18.4 Å². The van der Waals surface area contributed by atoms with Crippen molar-refractivity contribution in [1.29, 1.82) is 0 Å². The van der Waals surface area contributed by atoms with Crippen molar-refractivity contribution in [2.24, 2.45) is 0 Å². The van der Waals surface area contributed by atoms with Gasteiger partial charge in [-0.05, 0) is 30.5 Å². The van der Waals surface area contributed by atoms with Crippen molar-refractivity contribution >= 4 is 21.6 Å². The summed E-state index contributed by atoms with van der Waals surface area (Å²) in [6, 6.07) is 10.9. The number of hydrogen-bond acceptors (Lipinski definition) is 3. The molecule has 0 aromatic heterocycles. The minimum atomic E-state index is -4.31. The van der Waals surface area contributed by atoms with Crippen molar-refractivity contribution in [3.8, 4) is 11.1 Å². The summed E-state index contributed by atoms with van der Waals surface area (Å²) in [5.41, 5.74) is 0.00586. The normalized spacial score (nSPS) is 16.3. The Labute approximate surface area is 169 Å². The quantitative estimate of drug-likeness (QED) is 0.787. The minimum Gasteiger partial charge on any atom is -0.347 e. The third-order valence-electron chi connectivity index (χ3n) is 5.38. The molecule has 1 amide bonds. The van der Waals surface area contributed by atoms with Crippen molar-refractivity contribution in [3.63, 3.8) is 0 Å². The zero-order valence-electron chi connectivity index (χ0n) is 16.4. The van der Waals surface area contributed by atoms with E-state index in [1.165, 1.54) is 31.1 Å². The molecule has 5 nitrogen and oxygen atoms in total. The molecule has 2 aromatic carbocycles. The molecule has 0 spiro atoms. The molecule has 1 aliphatic rings. The van der Waals surface area contributed by atoms with Crippen LogP contribution in [0.1, 0.15) is 32.1 Å². The average molecular weight is 422 g/mol. The number of benzene rings is 2. The molecule has 1 fully saturated rings. The SMILES string of the molecule is CN(C)C(=O)C1(S(=O)(=O)Nc2ccc(-c3ccccc3)c(F)c2F)CCCCC1. The second kappa shape index (κ2) is 8.10. The van der Waals surface area contributed by atoms with Gasteiger partial charge in [0.2, 0.25) is 15.9 Å². The molecule has 0 heterocycles. The monoisotopic (exact) mass is 422 g/mol. The fourth-order valence-corrected chi connectivity index (χ4v) is 5.72. The molecule has 3 rings (SSSR count). The van der Waals surface area contributed by atoms with E-state index in [1.54, 1.807) is 30.3 Å². The third kappa shape index (κ3) is 3.85. The number of sulfonamides is 1. The summed E-state index contributed by atoms with van der Waals surface area (Å²) in [4.78, 5) is 14.0. The Morgan fingerprint density at radius 2 is 1.59 bits per heavy atom. The molecular weight excluding hydrogens is 398 g/mol. The molecule has 0 unspecified atom stereocenters. The molecule has 1 saturated carbocycles. The molecule has 0 radical (unpaired) electrons. The van der Waals surface area contributed by atoms with Gasteiger partial charge in [-0.15, -0.1) is 0 Å². The van der Waals surface area contributed by atoms with Gasteiger partial charge in [-0.2, -0.15) is 0 Å². The van der Waals surface area contributed by atoms with Gasteiger partial charge in [0.15, 0.2) is 16.4 Å². The highest BCUT2D eigenvalue weighted by molar-refractivity contribution is 7.94. The van der Waals surface area contributed by atoms with Crippen molar-refractivity contribution in [2.45, 2.75) is 36.9 Å². The summed E-state index contributed by atoms with van der Waals surface area (Å²) in [6.45, 7) is 0. The van der Waals surface area contributed by atoms with Gasteiger partial charge in [0.1, 0.15) is 0 Å². The topological polar surface area (TPSA) is 66.5 Å². The average Bonchev–Trinajstić information content (AvgIpc) is 2.72. The van der Waals surface area contributed by atoms with Crippen LogP contribution < -0.4 is 4.72 Å². The molecule has 0 saturated heterocycles. The van der Waals surface area contributed by atoms with Crippen LogP contribution in [-0.4, -0.2) is 38.1 Å². The van der Waals surface area contributed by atoms with E-state index in [4.69, 9.17) is 0 Å². The summed E-state index contributed by atoms with van der Waals surface area (Å²) < 4.78 is 56.3. The zero-order chi connectivity index (χ0) is 21.2. The summed E-state index contributed by atoms with van der Waals surface area (Å²) in [6.07, 6.45) is 2.26. The van der Waals surface area contributed by atoms with Crippen LogP contribution in [0.3, 0.4) is 0 Å². The second-order valence-corrected chi connectivity index (χ2v) is 9.51. The number of halogens is 2. The highest BCUT2D eigenvalue weighted by Crippen LogP contribution is 2.38. The van der Waals surface area contributed by atoms with Gasteiger partial charge in [0.25, 0.3) is 0 Å². The lowest BCUT2D eigenvalue weighted by molar-refractivity contribution is -0.132. The van der Waals surface area contributed by atoms with Crippen LogP contribution in [0.15, 0.2) is 42.5 Å². The van der Waals surface area contributed by atoms with Gasteiger partial charge < -0.3 is 4.90 Å². The third-order valence-corrected chi connectivity index (χ3v) is 7.48. The fourth-order valence-electron chi connectivity index (χ4n) is 3.84. The van der Waals surface area contributed by atoms with Crippen LogP contribution in [-0.2, 0) is 14.8 Å². The number of rotatable bonds is 5. The van der Waals surface area contributed by atoms with Crippen LogP contribution in [0.5, 0.6) is 0 Å². The lowest BCUT2D eigenvalue weighted by atomic mass is 9.87. The Bertz CT molecular complexity index is 1000. The summed E-state index contributed by atoms with van der Waals surface area (Å²) in [5, 5.41) is 0. The molecule has 0 atom stereocenters. The second-order valence-electron chi connectivity index (χ2n) is 7.51. The lowest BCUT2D eigenvalue weighted by Crippen LogP contribution is -2.55. The van der Waals surface area contributed by atoms with Gasteiger partial charge in [-0.3, -0.25) is 9.52 Å². The van der Waals surface area contributed by atoms with E-state index in [9.17, 15) is 22.0 Å². The van der Waals surface area contributed by atoms with Crippen LogP contribution in [0, 0.1) is 11.6 Å². The molecule has 0 bridgehead atoms. The summed E-state index contributed by atoms with van der Waals surface area (Å²) in [7, 11) is -1.33. The van der Waals surface area contributed by atoms with Crippen molar-refractivity contribution in [3.05, 3.63) is 54.1 Å². The number of carbonyl (C=O) groups excluding carboxylic acids is 1. The molecule has 1 aliphatic carbocycles. The molecule has 1 N–H and O–H groups in total. The molecule has 0 aliphatic heterocycles. The van der Waals surface area contributed by atoms with E-state index in [-0.39, 0.29) is 18.4 Å². The molecule has 29 heavy (non-hydrogen) atoms. The van der Waals surface area contributed by atoms with E-state index < -0.39 is 38.0 Å². The molecular formula is C21H24F2N2O3S. The fraction of sp³-hybridized carbons (Fsp3) is 0.381. The van der Waals surface area contributed by atoms with Gasteiger partial charge in [-0.1, -0.05) is 49.6 Å². The largest absolute Gasteiger partial charge is 0.347 e. The van der Waals surface area contributed by atoms with Gasteiger partial charge in [0, 0.05) is 19.7 Å². The molecule has 8 heteroatoms. The van der Waals surface area contributed by atoms with Crippen LogP contribution in [0.4, 0.5) is 14.5 Å². The van der Waals surface area contributed by atoms with Crippen LogP contribution in [0.25, 0.3) is 11.1 Å². The van der Waals surface area contributed by atoms with Gasteiger partial charge >= 0.3 is 0 Å². The first-order chi connectivity index (χ1) is 13.7. The minimum absolute atomic E-state index is 0.0304. The maximum absolute atomic E-state index is 14.7. The van der Waals surface area contributed by atoms with Crippen molar-refractivity contribution in [1.82, 2.24) is 4.90 Å². The maximum Gasteiger partial charge on any atom is 0.247 e. The first kappa shape index (κ1) is 21.2. The highest BCUT2D eigenvalue weighted by Gasteiger charge is 2.52. The van der Waals surface area contributed by atoms with Crippen LogP contribution in [0.2, 0.25) is 0 Å². The van der Waals surface area contributed by atoms with E-state index in [2.05, 4.69) is 4.72 Å². The Morgan fingerprint density at radius 3 is 2.17 bits per heavy atom. The number of carbonyl (C=O) groups is 1. The predicted molar refractivity (Wildman–Crippen MR) is 109 cm³/mol. The zero-order valence-corrected chi connectivity index (χ0v) is 17.2. The van der Waals surface area contributed by atoms with Crippen LogP contribution >= 0.6 is 0 Å². The number of nitrogens with one attached hydrogen (secondary N) is 1. The maximum atomic E-state index is 14.7. The number of nitrogens with zero attached hydrogens (tertiary/aromatic N) is 1. The van der Waals surface area contributed by atoms with Crippen molar-refractivity contribution in [2.75, 3.05) is 18.8 Å². The van der Waals surface area contributed by atoms with E-state index in [1.807, 2.05) is 0 Å². The smallest absolute Gasteiger partial charge is 0.247 e. The van der Waals surface area contributed by atoms with Crippen molar-refractivity contribution < 1.29 is 22.0 Å². The van der Waals surface area contributed by atoms with Gasteiger partial charge in [0.05, 0.1) is 5.69 Å². The van der Waals surface area contributed by atoms with E-state index in [0.717, 1.165) is 6.42 Å². The number of hydrogen-bond donors (Lipinski definition) is 1. The number of amides is 1. The first-order valence-electron chi connectivity index (χ1n) is 9.47. The predicted octanol–water partition coefficient (Wildman–Crippen LogP) is 4.16. The van der Waals surface area contributed by atoms with E-state index >= 15 is 0 Å². The Balaban J connectivity index is 1.99. The van der Waals surface area contributed by atoms with Gasteiger partial charge in [-0.25, -0.2) is 17.2 Å². The Hall–Kier alpha value is -2.48. The molecule has 2 aromatic rings.